The monoisotopic (exact) mass is 543 g/mol. The third-order valence-electron chi connectivity index (χ3n) is 7.80. The van der Waals surface area contributed by atoms with Crippen LogP contribution in [0.2, 0.25) is 0 Å². The lowest BCUT2D eigenvalue weighted by Gasteiger charge is -2.18. The maximum Gasteiger partial charge on any atom is 0.332 e. The highest BCUT2D eigenvalue weighted by Gasteiger charge is 2.45. The van der Waals surface area contributed by atoms with Crippen molar-refractivity contribution in [3.8, 4) is 11.4 Å². The summed E-state index contributed by atoms with van der Waals surface area (Å²) in [6, 6.07) is 4.59. The van der Waals surface area contributed by atoms with Gasteiger partial charge in [-0.25, -0.2) is 24.7 Å². The highest BCUT2D eigenvalue weighted by molar-refractivity contribution is 5.93. The van der Waals surface area contributed by atoms with Gasteiger partial charge in [0.1, 0.15) is 17.7 Å². The molecule has 2 aliphatic rings. The molecule has 0 spiro atoms. The Bertz CT molecular complexity index is 1740. The maximum atomic E-state index is 13.2. The van der Waals surface area contributed by atoms with Gasteiger partial charge in [0.2, 0.25) is 5.91 Å². The van der Waals surface area contributed by atoms with Crippen molar-refractivity contribution in [1.29, 1.82) is 0 Å². The average Bonchev–Trinajstić information content (AvgIpc) is 3.35. The number of nitrogens with zero attached hydrogens (tertiary/aromatic N) is 8. The second-order valence-electron chi connectivity index (χ2n) is 10.4. The summed E-state index contributed by atoms with van der Waals surface area (Å²) in [5.41, 5.74) is -0.418. The maximum absolute atomic E-state index is 13.2. The van der Waals surface area contributed by atoms with E-state index in [-0.39, 0.29) is 35.7 Å². The van der Waals surface area contributed by atoms with E-state index in [1.807, 2.05) is 12.1 Å². The molecule has 1 N–H and O–H groups in total. The van der Waals surface area contributed by atoms with Crippen LogP contribution in [0.5, 0.6) is 0 Å². The Balaban J connectivity index is 1.22. The van der Waals surface area contributed by atoms with Gasteiger partial charge in [0.05, 0.1) is 12.9 Å². The van der Waals surface area contributed by atoms with E-state index in [0.29, 0.717) is 5.82 Å². The minimum absolute atomic E-state index is 0.0542. The summed E-state index contributed by atoms with van der Waals surface area (Å²) < 4.78 is 3.47. The molecule has 2 fully saturated rings. The van der Waals surface area contributed by atoms with Crippen molar-refractivity contribution in [2.75, 3.05) is 23.3 Å². The molecule has 13 heteroatoms. The number of carbonyl (C=O) groups is 2. The van der Waals surface area contributed by atoms with Crippen LogP contribution in [0.1, 0.15) is 32.7 Å². The van der Waals surface area contributed by atoms with Crippen molar-refractivity contribution >= 4 is 34.5 Å². The number of hydrogen-bond donors (Lipinski definition) is 1. The lowest BCUT2D eigenvalue weighted by Crippen LogP contribution is -2.41. The van der Waals surface area contributed by atoms with Crippen LogP contribution in [0.25, 0.3) is 22.6 Å². The fraction of sp³-hybridized carbons (Fsp3) is 0.407. The van der Waals surface area contributed by atoms with Gasteiger partial charge in [-0.15, -0.1) is 0 Å². The van der Waals surface area contributed by atoms with Gasteiger partial charge in [-0.1, -0.05) is 6.92 Å². The van der Waals surface area contributed by atoms with E-state index in [1.54, 1.807) is 32.3 Å². The number of fused-ring (bicyclic) bond motifs is 2. The summed E-state index contributed by atoms with van der Waals surface area (Å²) in [4.78, 5) is 71.1. The van der Waals surface area contributed by atoms with Crippen molar-refractivity contribution in [3.05, 3.63) is 57.8 Å². The van der Waals surface area contributed by atoms with E-state index >= 15 is 0 Å². The smallest absolute Gasteiger partial charge is 0.332 e. The zero-order valence-corrected chi connectivity index (χ0v) is 22.4. The predicted molar refractivity (Wildman–Crippen MR) is 147 cm³/mol. The van der Waals surface area contributed by atoms with E-state index in [1.165, 1.54) is 28.9 Å². The first-order chi connectivity index (χ1) is 19.2. The highest BCUT2D eigenvalue weighted by atomic mass is 16.2. The summed E-state index contributed by atoms with van der Waals surface area (Å²) in [7, 11) is 1.47. The molecule has 1 saturated carbocycles. The van der Waals surface area contributed by atoms with Gasteiger partial charge in [-0.3, -0.25) is 23.5 Å². The fourth-order valence-corrected chi connectivity index (χ4v) is 5.23. The first-order valence-electron chi connectivity index (χ1n) is 13.3. The number of aromatic nitrogens is 7. The van der Waals surface area contributed by atoms with Gasteiger partial charge in [-0.2, -0.15) is 0 Å². The van der Waals surface area contributed by atoms with Gasteiger partial charge in [-0.05, 0) is 43.4 Å². The lowest BCUT2D eigenvalue weighted by atomic mass is 10.2. The van der Waals surface area contributed by atoms with Crippen LogP contribution in [0, 0.1) is 11.8 Å². The van der Waals surface area contributed by atoms with Crippen LogP contribution in [0.15, 0.2) is 46.5 Å². The number of Topliss-reactive ketones (excluding diaryl/α,β-unsaturated/α-hetero) is 1. The molecule has 3 atom stereocenters. The van der Waals surface area contributed by atoms with E-state index < -0.39 is 23.2 Å². The fourth-order valence-electron chi connectivity index (χ4n) is 5.23. The number of imidazole rings is 1. The number of anilines is 2. The van der Waals surface area contributed by atoms with Gasteiger partial charge in [0.15, 0.2) is 22.8 Å². The molecule has 5 heterocycles. The molecular formula is C27H29N9O4. The highest BCUT2D eigenvalue weighted by Crippen LogP contribution is 2.45. The topological polar surface area (TPSA) is 150 Å². The number of aryl methyl sites for hydroxylation is 1. The number of ketones is 1. The Morgan fingerprint density at radius 3 is 2.58 bits per heavy atom. The summed E-state index contributed by atoms with van der Waals surface area (Å²) in [6.07, 6.45) is 6.14. The van der Waals surface area contributed by atoms with Gasteiger partial charge in [0.25, 0.3) is 5.56 Å². The van der Waals surface area contributed by atoms with Gasteiger partial charge < -0.3 is 14.8 Å². The minimum atomic E-state index is -0.878. The van der Waals surface area contributed by atoms with Crippen LogP contribution < -0.4 is 21.5 Å². The number of carbonyl (C=O) groups excluding carboxylic acids is 2. The molecule has 1 aliphatic heterocycles. The van der Waals surface area contributed by atoms with Crippen LogP contribution in [-0.2, 0) is 23.2 Å². The van der Waals surface area contributed by atoms with E-state index in [2.05, 4.69) is 30.2 Å². The summed E-state index contributed by atoms with van der Waals surface area (Å²) in [6.45, 7) is 5.03. The summed E-state index contributed by atoms with van der Waals surface area (Å²) >= 11 is 0. The zero-order valence-electron chi connectivity index (χ0n) is 22.4. The standard InChI is InChI=1S/C27H29N9O4/c1-4-19(37)13-35-26(39)22-24(33(3)27(35)40)30-14-36(22)15(2)25(38)32-20-7-8-28-23(31-20)16-5-6-21(29-10-16)34-11-17-9-18(17)12-34/h5-8,10,14-15,17-18H,4,9,11-13H2,1-3H3,(H,28,31,32,38). The van der Waals surface area contributed by atoms with Crippen molar-refractivity contribution in [2.45, 2.75) is 39.3 Å². The van der Waals surface area contributed by atoms with Crippen molar-refractivity contribution in [1.82, 2.24) is 33.6 Å². The average molecular weight is 544 g/mol. The number of hydrogen-bond acceptors (Lipinski definition) is 9. The molecule has 3 unspecified atom stereocenters. The SMILES string of the molecule is CCC(=O)Cn1c(=O)c2c(ncn2C(C)C(=O)Nc2ccnc(-c3ccc(N4CC5CC5C4)nc3)n2)n(C)c1=O. The molecule has 40 heavy (non-hydrogen) atoms. The number of pyridine rings is 1. The molecule has 6 rings (SSSR count). The number of piperidine rings is 1. The van der Waals surface area contributed by atoms with Crippen LogP contribution in [0.4, 0.5) is 11.6 Å². The Labute approximate surface area is 228 Å². The first kappa shape index (κ1) is 25.6. The molecule has 1 saturated heterocycles. The summed E-state index contributed by atoms with van der Waals surface area (Å²) in [5, 5.41) is 2.77. The predicted octanol–water partition coefficient (Wildman–Crippen LogP) is 1.38. The van der Waals surface area contributed by atoms with Crippen LogP contribution >= 0.6 is 0 Å². The molecule has 0 bridgehead atoms. The Morgan fingerprint density at radius 2 is 1.88 bits per heavy atom. The number of amides is 1. The molecule has 1 aliphatic carbocycles. The van der Waals surface area contributed by atoms with Crippen molar-refractivity contribution in [3.63, 3.8) is 0 Å². The van der Waals surface area contributed by atoms with Gasteiger partial charge >= 0.3 is 5.69 Å². The molecule has 13 nitrogen and oxygen atoms in total. The first-order valence-corrected chi connectivity index (χ1v) is 13.3. The largest absolute Gasteiger partial charge is 0.356 e. The lowest BCUT2D eigenvalue weighted by molar-refractivity contribution is -0.120. The van der Waals surface area contributed by atoms with Crippen molar-refractivity contribution < 1.29 is 9.59 Å². The summed E-state index contributed by atoms with van der Waals surface area (Å²) in [5.74, 6) is 2.56. The molecule has 206 valence electrons. The molecular weight excluding hydrogens is 514 g/mol. The molecule has 0 aromatic carbocycles. The minimum Gasteiger partial charge on any atom is -0.356 e. The Morgan fingerprint density at radius 1 is 1.10 bits per heavy atom. The van der Waals surface area contributed by atoms with Crippen molar-refractivity contribution in [2.24, 2.45) is 18.9 Å². The second-order valence-corrected chi connectivity index (χ2v) is 10.4. The normalized spacial score (nSPS) is 18.5. The zero-order chi connectivity index (χ0) is 28.1. The molecule has 1 amide bonds. The van der Waals surface area contributed by atoms with E-state index in [4.69, 9.17) is 0 Å². The van der Waals surface area contributed by atoms with Crippen LogP contribution in [-0.4, -0.2) is 58.4 Å². The Kier molecular flexibility index (Phi) is 6.28. The molecule has 0 radical (unpaired) electrons. The van der Waals surface area contributed by atoms with Crippen LogP contribution in [0.3, 0.4) is 0 Å². The number of nitrogens with one attached hydrogen (secondary N) is 1. The second kappa shape index (κ2) is 9.81. The third kappa shape index (κ3) is 4.46. The van der Waals surface area contributed by atoms with E-state index in [9.17, 15) is 19.2 Å². The molecule has 4 aromatic rings. The molecule has 4 aromatic heterocycles. The van der Waals surface area contributed by atoms with Gasteiger partial charge in [0, 0.05) is 44.5 Å². The number of rotatable bonds is 8. The quantitative estimate of drug-likeness (QED) is 0.348. The third-order valence-corrected chi connectivity index (χ3v) is 7.80. The Hall–Kier alpha value is -4.68. The van der Waals surface area contributed by atoms with E-state index in [0.717, 1.165) is 40.9 Å².